The van der Waals surface area contributed by atoms with Gasteiger partial charge in [-0.25, -0.2) is 13.1 Å². The molecular weight excluding hydrogens is 452 g/mol. The minimum absolute atomic E-state index is 0.0483. The third-order valence-corrected chi connectivity index (χ3v) is 7.33. The summed E-state index contributed by atoms with van der Waals surface area (Å²) in [6.45, 7) is 8.28. The molecule has 178 valence electrons. The van der Waals surface area contributed by atoms with Gasteiger partial charge in [-0.1, -0.05) is 36.7 Å². The highest BCUT2D eigenvalue weighted by atomic mass is 32.2. The number of nitrogens with zero attached hydrogens (tertiary/aromatic N) is 2. The maximum absolute atomic E-state index is 13.3. The van der Waals surface area contributed by atoms with Crippen LogP contribution in [0.4, 0.5) is 11.6 Å². The van der Waals surface area contributed by atoms with Crippen molar-refractivity contribution < 1.29 is 17.7 Å². The molecule has 2 heterocycles. The SMILES string of the molecule is CCCCn1c(C(=O)Nc2ccc(S(=O)(=O)Nc3onc(C)c3C)cc2)c(C)c2ccccc21. The maximum Gasteiger partial charge on any atom is 0.272 e. The Morgan fingerprint density at radius 3 is 2.38 bits per heavy atom. The van der Waals surface area contributed by atoms with Crippen molar-refractivity contribution in [1.82, 2.24) is 9.72 Å². The molecular formula is C25H28N4O4S. The molecule has 9 heteroatoms. The van der Waals surface area contributed by atoms with Gasteiger partial charge in [0.05, 0.1) is 10.6 Å². The lowest BCUT2D eigenvalue weighted by Gasteiger charge is -2.12. The number of para-hydroxylation sites is 1. The number of unbranched alkanes of at least 4 members (excludes halogenated alkanes) is 1. The topological polar surface area (TPSA) is 106 Å². The number of hydrogen-bond acceptors (Lipinski definition) is 5. The number of aryl methyl sites for hydroxylation is 3. The van der Waals surface area contributed by atoms with E-state index in [1.54, 1.807) is 26.0 Å². The molecule has 0 saturated carbocycles. The Labute approximate surface area is 199 Å². The van der Waals surface area contributed by atoms with E-state index >= 15 is 0 Å². The first-order valence-corrected chi connectivity index (χ1v) is 12.7. The second kappa shape index (κ2) is 9.34. The minimum atomic E-state index is -3.86. The van der Waals surface area contributed by atoms with Crippen LogP contribution in [0.5, 0.6) is 0 Å². The average molecular weight is 481 g/mol. The summed E-state index contributed by atoms with van der Waals surface area (Å²) >= 11 is 0. The number of anilines is 2. The summed E-state index contributed by atoms with van der Waals surface area (Å²) < 4.78 is 35.0. The number of rotatable bonds is 8. The number of sulfonamides is 1. The largest absolute Gasteiger partial charge is 0.337 e. The number of hydrogen-bond donors (Lipinski definition) is 2. The van der Waals surface area contributed by atoms with E-state index in [0.29, 0.717) is 22.6 Å². The predicted octanol–water partition coefficient (Wildman–Crippen LogP) is 5.41. The summed E-state index contributed by atoms with van der Waals surface area (Å²) in [4.78, 5) is 13.3. The van der Waals surface area contributed by atoms with Crippen molar-refractivity contribution in [2.45, 2.75) is 52.0 Å². The molecule has 2 aromatic heterocycles. The van der Waals surface area contributed by atoms with Gasteiger partial charge in [0.15, 0.2) is 0 Å². The Balaban J connectivity index is 1.57. The van der Waals surface area contributed by atoms with Gasteiger partial charge in [-0.2, -0.15) is 0 Å². The number of fused-ring (bicyclic) bond motifs is 1. The lowest BCUT2D eigenvalue weighted by Crippen LogP contribution is -2.18. The van der Waals surface area contributed by atoms with Gasteiger partial charge < -0.3 is 14.4 Å². The molecule has 0 saturated heterocycles. The normalized spacial score (nSPS) is 11.6. The van der Waals surface area contributed by atoms with Gasteiger partial charge >= 0.3 is 0 Å². The highest BCUT2D eigenvalue weighted by molar-refractivity contribution is 7.92. The van der Waals surface area contributed by atoms with Crippen molar-refractivity contribution in [3.8, 4) is 0 Å². The van der Waals surface area contributed by atoms with Gasteiger partial charge in [0.2, 0.25) is 5.88 Å². The maximum atomic E-state index is 13.3. The molecule has 4 rings (SSSR count). The molecule has 0 spiro atoms. The standard InChI is InChI=1S/C25H28N4O4S/c1-5-6-15-29-22-10-8-7-9-21(22)17(3)23(29)24(30)26-19-11-13-20(14-12-19)34(31,32)28-25-16(2)18(4)27-33-25/h7-14,28H,5-6,15H2,1-4H3,(H,26,30). The van der Waals surface area contributed by atoms with Crippen molar-refractivity contribution in [1.29, 1.82) is 0 Å². The summed E-state index contributed by atoms with van der Waals surface area (Å²) in [5, 5.41) is 7.73. The number of nitrogens with one attached hydrogen (secondary N) is 2. The van der Waals surface area contributed by atoms with Crippen LogP contribution >= 0.6 is 0 Å². The van der Waals surface area contributed by atoms with Gasteiger partial charge in [-0.15, -0.1) is 0 Å². The first kappa shape index (κ1) is 23.6. The number of aromatic nitrogens is 2. The fraction of sp³-hybridized carbons (Fsp3) is 0.280. The quantitative estimate of drug-likeness (QED) is 0.351. The van der Waals surface area contributed by atoms with E-state index in [-0.39, 0.29) is 16.7 Å². The van der Waals surface area contributed by atoms with E-state index in [0.717, 1.165) is 35.9 Å². The van der Waals surface area contributed by atoms with Gasteiger partial charge in [0.25, 0.3) is 15.9 Å². The Morgan fingerprint density at radius 1 is 1.03 bits per heavy atom. The van der Waals surface area contributed by atoms with E-state index in [1.165, 1.54) is 12.1 Å². The van der Waals surface area contributed by atoms with Gasteiger partial charge in [-0.3, -0.25) is 4.79 Å². The highest BCUT2D eigenvalue weighted by Gasteiger charge is 2.22. The lowest BCUT2D eigenvalue weighted by atomic mass is 10.1. The molecule has 1 amide bonds. The summed E-state index contributed by atoms with van der Waals surface area (Å²) in [6.07, 6.45) is 1.98. The Bertz CT molecular complexity index is 1450. The molecule has 0 unspecified atom stereocenters. The van der Waals surface area contributed by atoms with Crippen LogP contribution in [0.2, 0.25) is 0 Å². The van der Waals surface area contributed by atoms with E-state index in [4.69, 9.17) is 4.52 Å². The molecule has 0 bridgehead atoms. The van der Waals surface area contributed by atoms with Crippen LogP contribution in [-0.4, -0.2) is 24.0 Å². The molecule has 0 aliphatic carbocycles. The molecule has 2 aromatic carbocycles. The zero-order valence-corrected chi connectivity index (χ0v) is 20.5. The van der Waals surface area contributed by atoms with Gasteiger partial charge in [0.1, 0.15) is 5.69 Å². The van der Waals surface area contributed by atoms with Gasteiger partial charge in [0, 0.05) is 28.7 Å². The number of carbonyl (C=O) groups excluding carboxylic acids is 1. The fourth-order valence-corrected chi connectivity index (χ4v) is 4.96. The van der Waals surface area contributed by atoms with Crippen molar-refractivity contribution in [3.63, 3.8) is 0 Å². The van der Waals surface area contributed by atoms with Crippen LogP contribution in [0.1, 0.15) is 47.1 Å². The zero-order valence-electron chi connectivity index (χ0n) is 19.7. The second-order valence-electron chi connectivity index (χ2n) is 8.30. The summed E-state index contributed by atoms with van der Waals surface area (Å²) in [5.74, 6) is -0.142. The molecule has 34 heavy (non-hydrogen) atoms. The second-order valence-corrected chi connectivity index (χ2v) is 9.98. The van der Waals surface area contributed by atoms with Crippen molar-refractivity contribution >= 4 is 38.4 Å². The van der Waals surface area contributed by atoms with Crippen molar-refractivity contribution in [2.24, 2.45) is 0 Å². The van der Waals surface area contributed by atoms with Crippen LogP contribution in [0, 0.1) is 20.8 Å². The molecule has 8 nitrogen and oxygen atoms in total. The molecule has 0 aliphatic heterocycles. The van der Waals surface area contributed by atoms with E-state index < -0.39 is 10.0 Å². The summed E-state index contributed by atoms with van der Waals surface area (Å²) in [5.41, 5.74) is 4.31. The summed E-state index contributed by atoms with van der Waals surface area (Å²) in [7, 11) is -3.86. The third-order valence-electron chi connectivity index (χ3n) is 5.98. The first-order valence-electron chi connectivity index (χ1n) is 11.2. The third kappa shape index (κ3) is 4.43. The van der Waals surface area contributed by atoms with Crippen molar-refractivity contribution in [3.05, 3.63) is 71.0 Å². The Kier molecular flexibility index (Phi) is 6.47. The minimum Gasteiger partial charge on any atom is -0.337 e. The lowest BCUT2D eigenvalue weighted by molar-refractivity contribution is 0.101. The van der Waals surface area contributed by atoms with Crippen molar-refractivity contribution in [2.75, 3.05) is 10.0 Å². The van der Waals surface area contributed by atoms with Crippen LogP contribution in [0.3, 0.4) is 0 Å². The predicted molar refractivity (Wildman–Crippen MR) is 133 cm³/mol. The van der Waals surface area contributed by atoms with E-state index in [9.17, 15) is 13.2 Å². The first-order chi connectivity index (χ1) is 16.2. The van der Waals surface area contributed by atoms with Crippen LogP contribution in [0.25, 0.3) is 10.9 Å². The summed E-state index contributed by atoms with van der Waals surface area (Å²) in [6, 6.07) is 14.0. The molecule has 0 aliphatic rings. The molecule has 4 aromatic rings. The molecule has 0 radical (unpaired) electrons. The smallest absolute Gasteiger partial charge is 0.272 e. The van der Waals surface area contributed by atoms with Crippen LogP contribution in [0.15, 0.2) is 57.9 Å². The number of carbonyl (C=O) groups is 1. The molecule has 2 N–H and O–H groups in total. The average Bonchev–Trinajstić information content (AvgIpc) is 3.28. The van der Waals surface area contributed by atoms with E-state index in [1.807, 2.05) is 31.2 Å². The Morgan fingerprint density at radius 2 is 1.74 bits per heavy atom. The van der Waals surface area contributed by atoms with Crippen LogP contribution in [-0.2, 0) is 16.6 Å². The monoisotopic (exact) mass is 480 g/mol. The highest BCUT2D eigenvalue weighted by Crippen LogP contribution is 2.27. The molecule has 0 fully saturated rings. The number of benzene rings is 2. The molecule has 0 atom stereocenters. The fourth-order valence-electron chi connectivity index (χ4n) is 3.92. The Hall–Kier alpha value is -3.59. The van der Waals surface area contributed by atoms with Gasteiger partial charge in [-0.05, 0) is 63.1 Å². The number of amides is 1. The van der Waals surface area contributed by atoms with Crippen LogP contribution < -0.4 is 10.0 Å². The zero-order chi connectivity index (χ0) is 24.5. The van der Waals surface area contributed by atoms with E-state index in [2.05, 4.69) is 26.7 Å².